The molecule has 0 spiro atoms. The van der Waals surface area contributed by atoms with Crippen LogP contribution < -0.4 is 11.1 Å². The van der Waals surface area contributed by atoms with E-state index in [4.69, 9.17) is 5.73 Å². The maximum atomic E-state index is 12.6. The van der Waals surface area contributed by atoms with Crippen molar-refractivity contribution in [3.8, 4) is 0 Å². The lowest BCUT2D eigenvalue weighted by atomic mass is 10.1. The van der Waals surface area contributed by atoms with E-state index in [2.05, 4.69) is 10.3 Å². The Morgan fingerprint density at radius 2 is 2.04 bits per heavy atom. The molecule has 2 aromatic rings. The van der Waals surface area contributed by atoms with Crippen LogP contribution in [0.4, 0.5) is 5.69 Å². The van der Waals surface area contributed by atoms with Gasteiger partial charge in [0.05, 0.1) is 5.69 Å². The van der Waals surface area contributed by atoms with E-state index in [1.165, 1.54) is 12.3 Å². The highest BCUT2D eigenvalue weighted by molar-refractivity contribution is 6.00. The van der Waals surface area contributed by atoms with E-state index in [-0.39, 0.29) is 17.5 Å². The van der Waals surface area contributed by atoms with Crippen LogP contribution in [0.15, 0.2) is 36.5 Å². The molecule has 0 radical (unpaired) electrons. The molecule has 2 heterocycles. The highest BCUT2D eigenvalue weighted by Crippen LogP contribution is 2.23. The Balaban J connectivity index is 1.70. The lowest BCUT2D eigenvalue weighted by molar-refractivity contribution is -0.133. The van der Waals surface area contributed by atoms with Gasteiger partial charge in [-0.3, -0.25) is 14.4 Å². The number of nitrogens with two attached hydrogens (primary N) is 1. The molecular weight excluding hydrogens is 320 g/mol. The van der Waals surface area contributed by atoms with Gasteiger partial charge in [-0.15, -0.1) is 0 Å². The Morgan fingerprint density at radius 1 is 1.32 bits per heavy atom. The first-order valence-corrected chi connectivity index (χ1v) is 8.08. The number of nitrogens with zero attached hydrogens (tertiary/aromatic N) is 1. The number of aromatic nitrogens is 1. The van der Waals surface area contributed by atoms with Gasteiger partial charge in [0.1, 0.15) is 11.7 Å². The van der Waals surface area contributed by atoms with E-state index >= 15 is 0 Å². The highest BCUT2D eigenvalue weighted by Gasteiger charge is 2.36. The summed E-state index contributed by atoms with van der Waals surface area (Å²) in [5, 5.41) is 2.73. The number of carbonyl (C=O) groups excluding carboxylic acids is 3. The van der Waals surface area contributed by atoms with Crippen molar-refractivity contribution in [3.05, 3.63) is 53.3 Å². The largest absolute Gasteiger partial charge is 0.364 e. The molecule has 1 fully saturated rings. The van der Waals surface area contributed by atoms with Gasteiger partial charge in [-0.25, -0.2) is 0 Å². The van der Waals surface area contributed by atoms with Gasteiger partial charge in [0.25, 0.3) is 5.91 Å². The Bertz CT molecular complexity index is 810. The van der Waals surface area contributed by atoms with Crippen LogP contribution in [0.5, 0.6) is 0 Å². The molecule has 0 saturated carbocycles. The molecule has 1 atom stereocenters. The smallest absolute Gasteiger partial charge is 0.265 e. The minimum absolute atomic E-state index is 0.0346. The van der Waals surface area contributed by atoms with Crippen molar-refractivity contribution in [2.45, 2.75) is 32.4 Å². The molecule has 1 aliphatic heterocycles. The van der Waals surface area contributed by atoms with Gasteiger partial charge in [-0.2, -0.15) is 0 Å². The van der Waals surface area contributed by atoms with Crippen molar-refractivity contribution in [2.24, 2.45) is 5.73 Å². The zero-order valence-electron chi connectivity index (χ0n) is 13.9. The average Bonchev–Trinajstić information content (AvgIpc) is 3.17. The second-order valence-electron chi connectivity index (χ2n) is 6.22. The number of primary amides is 1. The summed E-state index contributed by atoms with van der Waals surface area (Å²) in [7, 11) is 0. The number of likely N-dealkylation sites (tertiary alicyclic amines) is 1. The number of rotatable bonds is 5. The highest BCUT2D eigenvalue weighted by atomic mass is 16.2. The summed E-state index contributed by atoms with van der Waals surface area (Å²) in [6.45, 7) is 2.40. The second kappa shape index (κ2) is 6.80. The molecule has 1 aromatic heterocycles. The standard InChI is InChI=1S/C18H20N4O3/c1-11-2-4-12(5-3-11)10-22-15(6-7-16(22)23)18(25)21-13-8-14(17(19)24)20-9-13/h2-5,8-9,15,20H,6-7,10H2,1H3,(H2,19,24)(H,21,25)/t15-/m0/s1. The first-order valence-electron chi connectivity index (χ1n) is 8.08. The fourth-order valence-corrected chi connectivity index (χ4v) is 2.93. The Hall–Kier alpha value is -3.09. The van der Waals surface area contributed by atoms with Crippen LogP contribution in [0, 0.1) is 6.92 Å². The minimum Gasteiger partial charge on any atom is -0.364 e. The molecule has 7 nitrogen and oxygen atoms in total. The molecule has 1 aliphatic rings. The number of nitrogens with one attached hydrogen (secondary N) is 2. The van der Waals surface area contributed by atoms with E-state index < -0.39 is 11.9 Å². The number of anilines is 1. The van der Waals surface area contributed by atoms with Crippen molar-refractivity contribution in [1.29, 1.82) is 0 Å². The summed E-state index contributed by atoms with van der Waals surface area (Å²) in [5.74, 6) is -0.904. The SMILES string of the molecule is Cc1ccc(CN2C(=O)CC[C@H]2C(=O)Nc2c[nH]c(C(N)=O)c2)cc1. The molecule has 0 aliphatic carbocycles. The number of hydrogen-bond acceptors (Lipinski definition) is 3. The summed E-state index contributed by atoms with van der Waals surface area (Å²) in [5.41, 5.74) is 7.98. The third-order valence-electron chi connectivity index (χ3n) is 4.32. The molecule has 130 valence electrons. The Kier molecular flexibility index (Phi) is 4.56. The fourth-order valence-electron chi connectivity index (χ4n) is 2.93. The normalized spacial score (nSPS) is 16.9. The minimum atomic E-state index is -0.599. The summed E-state index contributed by atoms with van der Waals surface area (Å²) in [4.78, 5) is 40.1. The van der Waals surface area contributed by atoms with Gasteiger partial charge in [0.15, 0.2) is 0 Å². The van der Waals surface area contributed by atoms with Crippen LogP contribution in [0.2, 0.25) is 0 Å². The third kappa shape index (κ3) is 3.71. The molecule has 0 unspecified atom stereocenters. The van der Waals surface area contributed by atoms with E-state index in [9.17, 15) is 14.4 Å². The third-order valence-corrected chi connectivity index (χ3v) is 4.32. The van der Waals surface area contributed by atoms with Gasteiger partial charge in [0.2, 0.25) is 11.8 Å². The van der Waals surface area contributed by atoms with Crippen LogP contribution in [-0.4, -0.2) is 33.6 Å². The van der Waals surface area contributed by atoms with Crippen molar-refractivity contribution < 1.29 is 14.4 Å². The zero-order chi connectivity index (χ0) is 18.0. The number of benzene rings is 1. The van der Waals surface area contributed by atoms with Crippen molar-refractivity contribution in [3.63, 3.8) is 0 Å². The van der Waals surface area contributed by atoms with E-state index in [0.29, 0.717) is 25.1 Å². The number of H-pyrrole nitrogens is 1. The molecule has 7 heteroatoms. The molecule has 3 rings (SSSR count). The molecular formula is C18H20N4O3. The van der Waals surface area contributed by atoms with E-state index in [1.54, 1.807) is 4.90 Å². The first-order chi connectivity index (χ1) is 11.9. The Labute approximate surface area is 145 Å². The van der Waals surface area contributed by atoms with Crippen LogP contribution in [0.25, 0.3) is 0 Å². The van der Waals surface area contributed by atoms with Gasteiger partial charge < -0.3 is 20.9 Å². The molecule has 1 saturated heterocycles. The predicted octanol–water partition coefficient (Wildman–Crippen LogP) is 1.55. The van der Waals surface area contributed by atoms with Gasteiger partial charge in [0, 0.05) is 19.2 Å². The van der Waals surface area contributed by atoms with Gasteiger partial charge >= 0.3 is 0 Å². The lowest BCUT2D eigenvalue weighted by Crippen LogP contribution is -2.41. The molecule has 1 aromatic carbocycles. The molecule has 4 N–H and O–H groups in total. The van der Waals surface area contributed by atoms with Crippen molar-refractivity contribution in [1.82, 2.24) is 9.88 Å². The number of carbonyl (C=O) groups is 3. The van der Waals surface area contributed by atoms with Gasteiger partial charge in [-0.05, 0) is 25.0 Å². The van der Waals surface area contributed by atoms with Crippen LogP contribution in [-0.2, 0) is 16.1 Å². The predicted molar refractivity (Wildman–Crippen MR) is 92.7 cm³/mol. The quantitative estimate of drug-likeness (QED) is 0.768. The molecule has 25 heavy (non-hydrogen) atoms. The maximum absolute atomic E-state index is 12.6. The number of aromatic amines is 1. The monoisotopic (exact) mass is 340 g/mol. The van der Waals surface area contributed by atoms with Gasteiger partial charge in [-0.1, -0.05) is 29.8 Å². The Morgan fingerprint density at radius 3 is 2.68 bits per heavy atom. The van der Waals surface area contributed by atoms with Crippen molar-refractivity contribution in [2.75, 3.05) is 5.32 Å². The van der Waals surface area contributed by atoms with Crippen LogP contribution in [0.3, 0.4) is 0 Å². The summed E-state index contributed by atoms with van der Waals surface area (Å²) < 4.78 is 0. The summed E-state index contributed by atoms with van der Waals surface area (Å²) in [6.07, 6.45) is 2.33. The first kappa shape index (κ1) is 16.8. The maximum Gasteiger partial charge on any atom is 0.265 e. The molecule has 3 amide bonds. The van der Waals surface area contributed by atoms with Crippen molar-refractivity contribution >= 4 is 23.4 Å². The second-order valence-corrected chi connectivity index (χ2v) is 6.22. The molecule has 0 bridgehead atoms. The topological polar surface area (TPSA) is 108 Å². The number of aryl methyl sites for hydroxylation is 1. The fraction of sp³-hybridized carbons (Fsp3) is 0.278. The summed E-state index contributed by atoms with van der Waals surface area (Å²) in [6, 6.07) is 8.83. The lowest BCUT2D eigenvalue weighted by Gasteiger charge is -2.24. The van der Waals surface area contributed by atoms with E-state index in [1.807, 2.05) is 31.2 Å². The van der Waals surface area contributed by atoms with Crippen LogP contribution >= 0.6 is 0 Å². The average molecular weight is 340 g/mol. The zero-order valence-corrected chi connectivity index (χ0v) is 13.9. The number of amides is 3. The summed E-state index contributed by atoms with van der Waals surface area (Å²) >= 11 is 0. The van der Waals surface area contributed by atoms with E-state index in [0.717, 1.165) is 11.1 Å². The number of hydrogen-bond donors (Lipinski definition) is 3. The van der Waals surface area contributed by atoms with Crippen LogP contribution in [0.1, 0.15) is 34.5 Å².